The van der Waals surface area contributed by atoms with Crippen molar-refractivity contribution < 1.29 is 4.79 Å². The van der Waals surface area contributed by atoms with Crippen LogP contribution < -0.4 is 16.4 Å². The minimum absolute atomic E-state index is 0.0808. The Morgan fingerprint density at radius 3 is 2.81 bits per heavy atom. The number of hydrogen-bond donors (Lipinski definition) is 3. The second-order valence-corrected chi connectivity index (χ2v) is 7.09. The summed E-state index contributed by atoms with van der Waals surface area (Å²) in [6.07, 6.45) is 0.918. The number of halogens is 1. The number of benzene rings is 1. The van der Waals surface area contributed by atoms with Gasteiger partial charge in [-0.15, -0.1) is 11.3 Å². The Kier molecular flexibility index (Phi) is 5.64. The first-order valence-electron chi connectivity index (χ1n) is 6.76. The number of hydrogen-bond acceptors (Lipinski definition) is 4. The fourth-order valence-corrected chi connectivity index (χ4v) is 3.40. The fraction of sp³-hybridized carbons (Fsp3) is 0.267. The Morgan fingerprint density at radius 2 is 2.14 bits per heavy atom. The predicted octanol–water partition coefficient (Wildman–Crippen LogP) is 3.50. The van der Waals surface area contributed by atoms with E-state index in [4.69, 9.17) is 5.73 Å². The molecule has 2 rings (SSSR count). The van der Waals surface area contributed by atoms with Gasteiger partial charge in [0.2, 0.25) is 0 Å². The number of nitrogens with one attached hydrogen (secondary N) is 2. The Labute approximate surface area is 136 Å². The quantitative estimate of drug-likeness (QED) is 0.684. The van der Waals surface area contributed by atoms with Crippen LogP contribution in [0.3, 0.4) is 0 Å². The lowest BCUT2D eigenvalue weighted by Crippen LogP contribution is -2.22. The number of nitrogens with two attached hydrogens (primary N) is 1. The monoisotopic (exact) mass is 367 g/mol. The Morgan fingerprint density at radius 1 is 1.33 bits per heavy atom. The van der Waals surface area contributed by atoms with Gasteiger partial charge in [-0.05, 0) is 59.6 Å². The van der Waals surface area contributed by atoms with Gasteiger partial charge in [-0.25, -0.2) is 0 Å². The minimum atomic E-state index is -0.0808. The fourth-order valence-electron chi connectivity index (χ4n) is 1.92. The average Bonchev–Trinajstić information content (AvgIpc) is 2.87. The van der Waals surface area contributed by atoms with Crippen LogP contribution in [0.2, 0.25) is 0 Å². The molecule has 0 spiro atoms. The maximum absolute atomic E-state index is 11.8. The molecule has 0 fully saturated rings. The van der Waals surface area contributed by atoms with Crippen molar-refractivity contribution in [3.8, 4) is 0 Å². The summed E-state index contributed by atoms with van der Waals surface area (Å²) in [6, 6.07) is 9.44. The first-order valence-corrected chi connectivity index (χ1v) is 8.37. The molecule has 4 nitrogen and oxygen atoms in total. The van der Waals surface area contributed by atoms with E-state index in [1.165, 1.54) is 4.88 Å². The van der Waals surface area contributed by atoms with Crippen molar-refractivity contribution in [3.05, 3.63) is 44.6 Å². The van der Waals surface area contributed by atoms with Crippen LogP contribution in [-0.4, -0.2) is 19.0 Å². The zero-order valence-corrected chi connectivity index (χ0v) is 14.2. The van der Waals surface area contributed by atoms with E-state index < -0.39 is 0 Å². The summed E-state index contributed by atoms with van der Waals surface area (Å²) in [5.41, 5.74) is 8.01. The molecule has 0 aliphatic heterocycles. The molecule has 0 saturated carbocycles. The number of thiophene rings is 1. The van der Waals surface area contributed by atoms with Crippen LogP contribution in [0.15, 0.2) is 34.1 Å². The third-order valence-corrected chi connectivity index (χ3v) is 4.65. The molecule has 0 radical (unpaired) electrons. The molecule has 1 heterocycles. The highest BCUT2D eigenvalue weighted by Gasteiger charge is 2.07. The van der Waals surface area contributed by atoms with E-state index in [0.717, 1.165) is 22.4 Å². The lowest BCUT2D eigenvalue weighted by molar-refractivity contribution is 0.0956. The first kappa shape index (κ1) is 15.9. The molecule has 1 aromatic carbocycles. The maximum atomic E-state index is 11.8. The van der Waals surface area contributed by atoms with Crippen LogP contribution in [0.4, 0.5) is 11.4 Å². The Balaban J connectivity index is 1.98. The molecule has 4 N–H and O–H groups in total. The van der Waals surface area contributed by atoms with Crippen molar-refractivity contribution in [2.24, 2.45) is 0 Å². The summed E-state index contributed by atoms with van der Waals surface area (Å²) in [5, 5.41) is 6.08. The summed E-state index contributed by atoms with van der Waals surface area (Å²) in [6.45, 7) is 3.28. The smallest absolute Gasteiger partial charge is 0.251 e. The molecule has 0 aliphatic carbocycles. The van der Waals surface area contributed by atoms with Gasteiger partial charge in [0.25, 0.3) is 5.91 Å². The number of rotatable bonds is 6. The van der Waals surface area contributed by atoms with Crippen molar-refractivity contribution in [2.75, 3.05) is 24.1 Å². The molecular formula is C15H18BrN3OS. The van der Waals surface area contributed by atoms with Gasteiger partial charge in [-0.2, -0.15) is 0 Å². The van der Waals surface area contributed by atoms with Crippen LogP contribution >= 0.6 is 27.3 Å². The van der Waals surface area contributed by atoms with Gasteiger partial charge >= 0.3 is 0 Å². The topological polar surface area (TPSA) is 67.2 Å². The normalized spacial score (nSPS) is 10.4. The van der Waals surface area contributed by atoms with Crippen molar-refractivity contribution in [1.29, 1.82) is 0 Å². The van der Waals surface area contributed by atoms with E-state index in [2.05, 4.69) is 32.6 Å². The molecule has 0 bridgehead atoms. The number of amides is 1. The van der Waals surface area contributed by atoms with Gasteiger partial charge in [0.1, 0.15) is 0 Å². The highest BCUT2D eigenvalue weighted by molar-refractivity contribution is 9.11. The molecule has 0 unspecified atom stereocenters. The summed E-state index contributed by atoms with van der Waals surface area (Å²) >= 11 is 5.18. The zero-order chi connectivity index (χ0) is 15.2. The molecule has 0 atom stereocenters. The highest BCUT2D eigenvalue weighted by Crippen LogP contribution is 2.23. The van der Waals surface area contributed by atoms with E-state index in [1.54, 1.807) is 29.5 Å². The predicted molar refractivity (Wildman–Crippen MR) is 93.1 cm³/mol. The van der Waals surface area contributed by atoms with Crippen molar-refractivity contribution in [2.45, 2.75) is 13.3 Å². The number of carbonyl (C=O) groups is 1. The SMILES string of the molecule is CCNC(=O)c1ccc(N)c(NCCc2ccc(Br)s2)c1. The van der Waals surface area contributed by atoms with Gasteiger partial charge in [0.05, 0.1) is 15.2 Å². The lowest BCUT2D eigenvalue weighted by atomic mass is 10.1. The summed E-state index contributed by atoms with van der Waals surface area (Å²) < 4.78 is 1.13. The highest BCUT2D eigenvalue weighted by atomic mass is 79.9. The standard InChI is InChI=1S/C15H18BrN3OS/c1-2-18-15(20)10-3-5-12(17)13(9-10)19-8-7-11-4-6-14(16)21-11/h3-6,9,19H,2,7-8,17H2,1H3,(H,18,20). The van der Waals surface area contributed by atoms with Crippen LogP contribution in [0, 0.1) is 0 Å². The first-order chi connectivity index (χ1) is 10.1. The van der Waals surface area contributed by atoms with Crippen LogP contribution in [0.5, 0.6) is 0 Å². The van der Waals surface area contributed by atoms with Crippen molar-refractivity contribution in [1.82, 2.24) is 5.32 Å². The third-order valence-electron chi connectivity index (χ3n) is 2.97. The molecule has 6 heteroatoms. The largest absolute Gasteiger partial charge is 0.397 e. The molecule has 0 aliphatic rings. The van der Waals surface area contributed by atoms with E-state index in [1.807, 2.05) is 13.0 Å². The zero-order valence-electron chi connectivity index (χ0n) is 11.8. The Hall–Kier alpha value is -1.53. The number of nitrogen functional groups attached to an aromatic ring is 1. The summed E-state index contributed by atoms with van der Waals surface area (Å²) in [4.78, 5) is 13.1. The van der Waals surface area contributed by atoms with Crippen molar-refractivity contribution in [3.63, 3.8) is 0 Å². The van der Waals surface area contributed by atoms with Crippen LogP contribution in [0.1, 0.15) is 22.2 Å². The Bertz CT molecular complexity index is 627. The second kappa shape index (κ2) is 7.47. The molecule has 1 aromatic heterocycles. The molecule has 1 amide bonds. The lowest BCUT2D eigenvalue weighted by Gasteiger charge is -2.11. The minimum Gasteiger partial charge on any atom is -0.397 e. The maximum Gasteiger partial charge on any atom is 0.251 e. The number of carbonyl (C=O) groups excluding carboxylic acids is 1. The van der Waals surface area contributed by atoms with E-state index in [-0.39, 0.29) is 5.91 Å². The number of anilines is 2. The summed E-state index contributed by atoms with van der Waals surface area (Å²) in [7, 11) is 0. The van der Waals surface area contributed by atoms with E-state index in [9.17, 15) is 4.79 Å². The van der Waals surface area contributed by atoms with Crippen LogP contribution in [-0.2, 0) is 6.42 Å². The van der Waals surface area contributed by atoms with Gasteiger partial charge in [-0.3, -0.25) is 4.79 Å². The van der Waals surface area contributed by atoms with Gasteiger partial charge in [0.15, 0.2) is 0 Å². The molecule has 112 valence electrons. The van der Waals surface area contributed by atoms with Gasteiger partial charge in [0, 0.05) is 23.5 Å². The molecule has 0 saturated heterocycles. The third kappa shape index (κ3) is 4.47. The average molecular weight is 368 g/mol. The van der Waals surface area contributed by atoms with Crippen LogP contribution in [0.25, 0.3) is 0 Å². The van der Waals surface area contributed by atoms with Gasteiger partial charge in [-0.1, -0.05) is 0 Å². The second-order valence-electron chi connectivity index (χ2n) is 4.54. The van der Waals surface area contributed by atoms with E-state index >= 15 is 0 Å². The van der Waals surface area contributed by atoms with E-state index in [0.29, 0.717) is 17.8 Å². The van der Waals surface area contributed by atoms with Gasteiger partial charge < -0.3 is 16.4 Å². The molecule has 21 heavy (non-hydrogen) atoms. The summed E-state index contributed by atoms with van der Waals surface area (Å²) in [5.74, 6) is -0.0808. The van der Waals surface area contributed by atoms with Crippen molar-refractivity contribution >= 4 is 44.5 Å². The molecule has 2 aromatic rings. The molecular weight excluding hydrogens is 350 g/mol.